The van der Waals surface area contributed by atoms with Crippen LogP contribution in [-0.4, -0.2) is 27.2 Å². The van der Waals surface area contributed by atoms with Crippen molar-refractivity contribution in [2.75, 3.05) is 6.54 Å². The molecule has 128 valence electrons. The topological polar surface area (TPSA) is 25.2 Å². The number of carbonyl (C=O) groups is 1. The van der Waals surface area contributed by atoms with E-state index in [-0.39, 0.29) is 17.2 Å². The molecule has 3 rings (SSSR count). The summed E-state index contributed by atoms with van der Waals surface area (Å²) in [5, 5.41) is 1.05. The van der Waals surface area contributed by atoms with E-state index < -0.39 is 0 Å². The van der Waals surface area contributed by atoms with Crippen LogP contribution in [0.2, 0.25) is 10.0 Å². The molecule has 0 saturated carbocycles. The van der Waals surface area contributed by atoms with Crippen LogP contribution < -0.4 is 0 Å². The van der Waals surface area contributed by atoms with Gasteiger partial charge in [0, 0.05) is 35.4 Å². The fourth-order valence-electron chi connectivity index (χ4n) is 3.20. The van der Waals surface area contributed by atoms with Crippen LogP contribution in [0.5, 0.6) is 0 Å². The van der Waals surface area contributed by atoms with E-state index in [1.54, 1.807) is 12.1 Å². The minimum atomic E-state index is -0.207. The van der Waals surface area contributed by atoms with Crippen molar-refractivity contribution in [3.05, 3.63) is 52.3 Å². The lowest BCUT2D eigenvalue weighted by Crippen LogP contribution is -2.36. The van der Waals surface area contributed by atoms with E-state index in [1.165, 1.54) is 17.5 Å². The minimum Gasteiger partial charge on any atom is -0.353 e. The Kier molecular flexibility index (Phi) is 5.48. The standard InChI is InChI=1S/C18H20Cl2N2OS/c1-12(24-17-11-13(19)7-8-14(17)20)18(23)22-10-4-6-16(22)15-5-3-9-21(15)2/h3,5,7-9,11-12,16H,4,6,10H2,1-2H3. The number of carbonyl (C=O) groups excluding carboxylic acids is 1. The normalized spacial score (nSPS) is 18.8. The van der Waals surface area contributed by atoms with Crippen molar-refractivity contribution in [3.8, 4) is 0 Å². The van der Waals surface area contributed by atoms with E-state index in [9.17, 15) is 4.79 Å². The van der Waals surface area contributed by atoms with Gasteiger partial charge in [-0.25, -0.2) is 0 Å². The number of likely N-dealkylation sites (tertiary alicyclic amines) is 1. The molecule has 1 aliphatic rings. The number of halogens is 2. The monoisotopic (exact) mass is 382 g/mol. The van der Waals surface area contributed by atoms with Gasteiger partial charge in [-0.3, -0.25) is 4.79 Å². The van der Waals surface area contributed by atoms with Gasteiger partial charge in [0.05, 0.1) is 16.3 Å². The lowest BCUT2D eigenvalue weighted by Gasteiger charge is -2.28. The summed E-state index contributed by atoms with van der Waals surface area (Å²) in [6, 6.07) is 9.63. The van der Waals surface area contributed by atoms with Gasteiger partial charge in [-0.15, -0.1) is 11.8 Å². The quantitative estimate of drug-likeness (QED) is 0.680. The summed E-state index contributed by atoms with van der Waals surface area (Å²) in [6.45, 7) is 2.74. The van der Waals surface area contributed by atoms with Crippen LogP contribution in [0.1, 0.15) is 31.5 Å². The van der Waals surface area contributed by atoms with Crippen LogP contribution in [-0.2, 0) is 11.8 Å². The number of hydrogen-bond donors (Lipinski definition) is 0. The lowest BCUT2D eigenvalue weighted by molar-refractivity contribution is -0.131. The zero-order valence-electron chi connectivity index (χ0n) is 13.7. The smallest absolute Gasteiger partial charge is 0.236 e. The average Bonchev–Trinajstić information content (AvgIpc) is 3.18. The van der Waals surface area contributed by atoms with Gasteiger partial charge in [-0.05, 0) is 50.1 Å². The van der Waals surface area contributed by atoms with Crippen molar-refractivity contribution in [3.63, 3.8) is 0 Å². The number of rotatable bonds is 4. The van der Waals surface area contributed by atoms with Crippen LogP contribution in [0.4, 0.5) is 0 Å². The molecule has 3 nitrogen and oxygen atoms in total. The summed E-state index contributed by atoms with van der Waals surface area (Å²) in [7, 11) is 2.03. The average molecular weight is 383 g/mol. The number of aryl methyl sites for hydroxylation is 1. The van der Waals surface area contributed by atoms with Crippen molar-refractivity contribution < 1.29 is 4.79 Å². The summed E-state index contributed by atoms with van der Waals surface area (Å²) < 4.78 is 2.10. The Labute approximate surface area is 156 Å². The molecule has 1 amide bonds. The second kappa shape index (κ2) is 7.42. The van der Waals surface area contributed by atoms with Crippen LogP contribution in [0.15, 0.2) is 41.4 Å². The van der Waals surface area contributed by atoms with Gasteiger partial charge < -0.3 is 9.47 Å². The van der Waals surface area contributed by atoms with Gasteiger partial charge in [0.2, 0.25) is 5.91 Å². The molecule has 2 aromatic rings. The first-order chi connectivity index (χ1) is 11.5. The summed E-state index contributed by atoms with van der Waals surface area (Å²) in [5.41, 5.74) is 1.19. The molecular formula is C18H20Cl2N2OS. The van der Waals surface area contributed by atoms with Gasteiger partial charge in [0.1, 0.15) is 0 Å². The maximum Gasteiger partial charge on any atom is 0.236 e. The Balaban J connectivity index is 1.75. The van der Waals surface area contributed by atoms with E-state index in [2.05, 4.69) is 10.6 Å². The third-order valence-corrected chi connectivity index (χ3v) is 6.23. The SMILES string of the molecule is CC(Sc1cc(Cl)ccc1Cl)C(=O)N1CCCC1c1cccn1C. The molecule has 0 radical (unpaired) electrons. The van der Waals surface area contributed by atoms with Crippen LogP contribution in [0.25, 0.3) is 0 Å². The van der Waals surface area contributed by atoms with E-state index in [4.69, 9.17) is 23.2 Å². The molecule has 2 atom stereocenters. The number of nitrogens with zero attached hydrogens (tertiary/aromatic N) is 2. The van der Waals surface area contributed by atoms with Crippen molar-refractivity contribution in [2.45, 2.75) is 36.0 Å². The first kappa shape index (κ1) is 17.7. The van der Waals surface area contributed by atoms with Crippen LogP contribution >= 0.6 is 35.0 Å². The minimum absolute atomic E-state index is 0.153. The second-order valence-corrected chi connectivity index (χ2v) is 8.29. The third-order valence-electron chi connectivity index (χ3n) is 4.41. The van der Waals surface area contributed by atoms with E-state index in [0.717, 1.165) is 24.3 Å². The number of thioether (sulfide) groups is 1. The largest absolute Gasteiger partial charge is 0.353 e. The maximum atomic E-state index is 13.0. The molecule has 24 heavy (non-hydrogen) atoms. The molecule has 0 N–H and O–H groups in total. The first-order valence-corrected chi connectivity index (χ1v) is 9.64. The molecule has 1 saturated heterocycles. The molecule has 2 heterocycles. The summed E-state index contributed by atoms with van der Waals surface area (Å²) in [5.74, 6) is 0.153. The Bertz CT molecular complexity index is 746. The molecular weight excluding hydrogens is 363 g/mol. The highest BCUT2D eigenvalue weighted by Gasteiger charge is 2.33. The highest BCUT2D eigenvalue weighted by molar-refractivity contribution is 8.00. The van der Waals surface area contributed by atoms with E-state index >= 15 is 0 Å². The Morgan fingerprint density at radius 2 is 2.12 bits per heavy atom. The van der Waals surface area contributed by atoms with Gasteiger partial charge in [0.15, 0.2) is 0 Å². The summed E-state index contributed by atoms with van der Waals surface area (Å²) >= 11 is 13.7. The molecule has 0 aliphatic carbocycles. The van der Waals surface area contributed by atoms with Crippen molar-refractivity contribution in [2.24, 2.45) is 7.05 Å². The van der Waals surface area contributed by atoms with Gasteiger partial charge in [0.25, 0.3) is 0 Å². The van der Waals surface area contributed by atoms with E-state index in [1.807, 2.05) is 37.2 Å². The number of amides is 1. The highest BCUT2D eigenvalue weighted by Crippen LogP contribution is 2.37. The third kappa shape index (κ3) is 3.61. The fourth-order valence-corrected chi connectivity index (χ4v) is 4.68. The van der Waals surface area contributed by atoms with Crippen LogP contribution in [0, 0.1) is 0 Å². The fraction of sp³-hybridized carbons (Fsp3) is 0.389. The summed E-state index contributed by atoms with van der Waals surface area (Å²) in [6.07, 6.45) is 4.08. The first-order valence-electron chi connectivity index (χ1n) is 8.01. The molecule has 1 aromatic carbocycles. The zero-order chi connectivity index (χ0) is 17.3. The van der Waals surface area contributed by atoms with Crippen molar-refractivity contribution >= 4 is 40.9 Å². The molecule has 1 aromatic heterocycles. The Hall–Kier alpha value is -1.10. The number of benzene rings is 1. The van der Waals surface area contributed by atoms with Crippen molar-refractivity contribution in [1.29, 1.82) is 0 Å². The van der Waals surface area contributed by atoms with Gasteiger partial charge in [-0.2, -0.15) is 0 Å². The molecule has 0 bridgehead atoms. The van der Waals surface area contributed by atoms with E-state index in [0.29, 0.717) is 10.0 Å². The highest BCUT2D eigenvalue weighted by atomic mass is 35.5. The maximum absolute atomic E-state index is 13.0. The lowest BCUT2D eigenvalue weighted by atomic mass is 10.1. The Morgan fingerprint density at radius 3 is 2.83 bits per heavy atom. The molecule has 0 spiro atoms. The predicted octanol–water partition coefficient (Wildman–Crippen LogP) is 5.18. The molecule has 6 heteroatoms. The molecule has 2 unspecified atom stereocenters. The zero-order valence-corrected chi connectivity index (χ0v) is 16.0. The van der Waals surface area contributed by atoms with Gasteiger partial charge >= 0.3 is 0 Å². The predicted molar refractivity (Wildman–Crippen MR) is 101 cm³/mol. The number of hydrogen-bond acceptors (Lipinski definition) is 2. The molecule has 1 fully saturated rings. The molecule has 1 aliphatic heterocycles. The number of aromatic nitrogens is 1. The van der Waals surface area contributed by atoms with Crippen LogP contribution in [0.3, 0.4) is 0 Å². The second-order valence-electron chi connectivity index (χ2n) is 6.07. The van der Waals surface area contributed by atoms with Crippen molar-refractivity contribution in [1.82, 2.24) is 9.47 Å². The summed E-state index contributed by atoms with van der Waals surface area (Å²) in [4.78, 5) is 15.8. The Morgan fingerprint density at radius 1 is 1.33 bits per heavy atom. The van der Waals surface area contributed by atoms with Gasteiger partial charge in [-0.1, -0.05) is 23.2 Å².